The van der Waals surface area contributed by atoms with E-state index in [0.717, 1.165) is 0 Å². The van der Waals surface area contributed by atoms with E-state index in [2.05, 4.69) is 5.32 Å². The first-order valence-electron chi connectivity index (χ1n) is 3.78. The Morgan fingerprint density at radius 2 is 2.55 bits per heavy atom. The fourth-order valence-corrected chi connectivity index (χ4v) is 1.11. The largest absolute Gasteiger partial charge is 0.465 e. The van der Waals surface area contributed by atoms with E-state index in [1.54, 1.807) is 6.92 Å². The van der Waals surface area contributed by atoms with E-state index in [9.17, 15) is 9.18 Å². The summed E-state index contributed by atoms with van der Waals surface area (Å²) in [7, 11) is 0. The summed E-state index contributed by atoms with van der Waals surface area (Å²) in [4.78, 5) is 10.9. The SMILES string of the molecule is CCOC(=O)C1CC(F)CN1. The van der Waals surface area contributed by atoms with Crippen LogP contribution < -0.4 is 5.32 Å². The lowest BCUT2D eigenvalue weighted by Crippen LogP contribution is -2.32. The highest BCUT2D eigenvalue weighted by molar-refractivity contribution is 5.76. The molecular formula is C7H12FNO2. The maximum Gasteiger partial charge on any atom is 0.323 e. The molecule has 0 amide bonds. The van der Waals surface area contributed by atoms with E-state index in [0.29, 0.717) is 6.61 Å². The maximum absolute atomic E-state index is 12.5. The second-order valence-electron chi connectivity index (χ2n) is 2.55. The summed E-state index contributed by atoms with van der Waals surface area (Å²) in [5.74, 6) is -0.340. The molecule has 0 bridgehead atoms. The number of carbonyl (C=O) groups excluding carboxylic acids is 1. The summed E-state index contributed by atoms with van der Waals surface area (Å²) < 4.78 is 17.2. The van der Waals surface area contributed by atoms with Crippen molar-refractivity contribution < 1.29 is 13.9 Å². The maximum atomic E-state index is 12.5. The third-order valence-corrected chi connectivity index (χ3v) is 1.65. The molecule has 1 rings (SSSR count). The highest BCUT2D eigenvalue weighted by atomic mass is 19.1. The van der Waals surface area contributed by atoms with Crippen molar-refractivity contribution in [3.8, 4) is 0 Å². The number of halogens is 1. The molecule has 3 nitrogen and oxygen atoms in total. The van der Waals surface area contributed by atoms with Crippen LogP contribution in [0.15, 0.2) is 0 Å². The monoisotopic (exact) mass is 161 g/mol. The molecule has 1 N–H and O–H groups in total. The number of hydrogen-bond donors (Lipinski definition) is 1. The number of nitrogens with one attached hydrogen (secondary N) is 1. The van der Waals surface area contributed by atoms with Gasteiger partial charge in [-0.1, -0.05) is 0 Å². The van der Waals surface area contributed by atoms with Crippen LogP contribution in [0.2, 0.25) is 0 Å². The zero-order valence-electron chi connectivity index (χ0n) is 6.47. The molecular weight excluding hydrogens is 149 g/mol. The molecule has 64 valence electrons. The molecule has 1 heterocycles. The van der Waals surface area contributed by atoms with Gasteiger partial charge < -0.3 is 10.1 Å². The Morgan fingerprint density at radius 1 is 1.82 bits per heavy atom. The molecule has 0 aromatic heterocycles. The van der Waals surface area contributed by atoms with Crippen molar-refractivity contribution in [1.82, 2.24) is 5.32 Å². The van der Waals surface area contributed by atoms with Gasteiger partial charge in [0.25, 0.3) is 0 Å². The molecule has 0 aliphatic carbocycles. The Hall–Kier alpha value is -0.640. The van der Waals surface area contributed by atoms with Crippen molar-refractivity contribution in [3.05, 3.63) is 0 Å². The second kappa shape index (κ2) is 3.67. The van der Waals surface area contributed by atoms with Crippen LogP contribution in [0.5, 0.6) is 0 Å². The molecule has 1 aliphatic heterocycles. The number of rotatable bonds is 2. The molecule has 11 heavy (non-hydrogen) atoms. The third-order valence-electron chi connectivity index (χ3n) is 1.65. The third kappa shape index (κ3) is 2.15. The highest BCUT2D eigenvalue weighted by Crippen LogP contribution is 2.10. The van der Waals surface area contributed by atoms with Crippen molar-refractivity contribution in [2.45, 2.75) is 25.6 Å². The average molecular weight is 161 g/mol. The van der Waals surface area contributed by atoms with Crippen molar-refractivity contribution in [2.75, 3.05) is 13.2 Å². The lowest BCUT2D eigenvalue weighted by molar-refractivity contribution is -0.145. The summed E-state index contributed by atoms with van der Waals surface area (Å²) >= 11 is 0. The van der Waals surface area contributed by atoms with Gasteiger partial charge in [0.05, 0.1) is 6.61 Å². The van der Waals surface area contributed by atoms with Crippen LogP contribution in [0.3, 0.4) is 0 Å². The molecule has 0 saturated carbocycles. The minimum absolute atomic E-state index is 0.249. The van der Waals surface area contributed by atoms with E-state index in [-0.39, 0.29) is 18.9 Å². The van der Waals surface area contributed by atoms with E-state index in [1.807, 2.05) is 0 Å². The molecule has 2 unspecified atom stereocenters. The summed E-state index contributed by atoms with van der Waals surface area (Å²) in [6, 6.07) is -0.426. The van der Waals surface area contributed by atoms with E-state index in [4.69, 9.17) is 4.74 Å². The van der Waals surface area contributed by atoms with Gasteiger partial charge in [-0.25, -0.2) is 4.39 Å². The van der Waals surface area contributed by atoms with Gasteiger partial charge in [0.2, 0.25) is 0 Å². The number of hydrogen-bond acceptors (Lipinski definition) is 3. The molecule has 1 aliphatic rings. The molecule has 0 spiro atoms. The molecule has 0 radical (unpaired) electrons. The quantitative estimate of drug-likeness (QED) is 0.590. The zero-order valence-corrected chi connectivity index (χ0v) is 6.47. The van der Waals surface area contributed by atoms with Crippen molar-refractivity contribution in [1.29, 1.82) is 0 Å². The topological polar surface area (TPSA) is 38.3 Å². The van der Waals surface area contributed by atoms with Gasteiger partial charge in [-0.15, -0.1) is 0 Å². The van der Waals surface area contributed by atoms with Crippen LogP contribution in [0, 0.1) is 0 Å². The van der Waals surface area contributed by atoms with Crippen LogP contribution >= 0.6 is 0 Å². The van der Waals surface area contributed by atoms with Crippen LogP contribution in [0.1, 0.15) is 13.3 Å². The lowest BCUT2D eigenvalue weighted by Gasteiger charge is -2.07. The minimum atomic E-state index is -0.899. The van der Waals surface area contributed by atoms with E-state index < -0.39 is 12.2 Å². The summed E-state index contributed by atoms with van der Waals surface area (Å²) in [6.45, 7) is 2.36. The molecule has 2 atom stereocenters. The Balaban J connectivity index is 2.31. The Labute approximate surface area is 64.9 Å². The van der Waals surface area contributed by atoms with Crippen LogP contribution in [-0.2, 0) is 9.53 Å². The molecule has 0 aromatic carbocycles. The highest BCUT2D eigenvalue weighted by Gasteiger charge is 2.29. The summed E-state index contributed by atoms with van der Waals surface area (Å²) in [5, 5.41) is 2.74. The molecule has 4 heteroatoms. The number of esters is 1. The lowest BCUT2D eigenvalue weighted by atomic mass is 10.2. The van der Waals surface area contributed by atoms with Crippen molar-refractivity contribution >= 4 is 5.97 Å². The van der Waals surface area contributed by atoms with Gasteiger partial charge in [-0.05, 0) is 6.92 Å². The van der Waals surface area contributed by atoms with Crippen LogP contribution in [0.4, 0.5) is 4.39 Å². The minimum Gasteiger partial charge on any atom is -0.465 e. The first-order valence-corrected chi connectivity index (χ1v) is 3.78. The fourth-order valence-electron chi connectivity index (χ4n) is 1.11. The smallest absolute Gasteiger partial charge is 0.323 e. The predicted molar refractivity (Wildman–Crippen MR) is 37.9 cm³/mol. The van der Waals surface area contributed by atoms with Crippen LogP contribution in [0.25, 0.3) is 0 Å². The first kappa shape index (κ1) is 8.46. The standard InChI is InChI=1S/C7H12FNO2/c1-2-11-7(10)6-3-5(8)4-9-6/h5-6,9H,2-4H2,1H3. The van der Waals surface area contributed by atoms with Gasteiger partial charge in [0, 0.05) is 13.0 Å². The number of carbonyl (C=O) groups is 1. The number of ether oxygens (including phenoxy) is 1. The van der Waals surface area contributed by atoms with Crippen molar-refractivity contribution in [3.63, 3.8) is 0 Å². The normalized spacial score (nSPS) is 30.4. The zero-order chi connectivity index (χ0) is 8.27. The van der Waals surface area contributed by atoms with Crippen molar-refractivity contribution in [2.24, 2.45) is 0 Å². The number of alkyl halides is 1. The van der Waals surface area contributed by atoms with E-state index >= 15 is 0 Å². The Morgan fingerprint density at radius 3 is 3.00 bits per heavy atom. The second-order valence-corrected chi connectivity index (χ2v) is 2.55. The Kier molecular flexibility index (Phi) is 2.82. The first-order chi connectivity index (χ1) is 5.24. The van der Waals surface area contributed by atoms with Gasteiger partial charge in [-0.2, -0.15) is 0 Å². The predicted octanol–water partition coefficient (Wildman–Crippen LogP) is 0.250. The van der Waals surface area contributed by atoms with Crippen LogP contribution in [-0.4, -0.2) is 31.3 Å². The van der Waals surface area contributed by atoms with Gasteiger partial charge in [-0.3, -0.25) is 4.79 Å². The molecule has 1 fully saturated rings. The molecule has 1 saturated heterocycles. The Bertz CT molecular complexity index is 151. The average Bonchev–Trinajstić information content (AvgIpc) is 2.36. The van der Waals surface area contributed by atoms with Gasteiger partial charge >= 0.3 is 5.97 Å². The summed E-state index contributed by atoms with van der Waals surface area (Å²) in [5.41, 5.74) is 0. The van der Waals surface area contributed by atoms with Gasteiger partial charge in [0.15, 0.2) is 0 Å². The fraction of sp³-hybridized carbons (Fsp3) is 0.857. The summed E-state index contributed by atoms with van der Waals surface area (Å²) in [6.07, 6.45) is -0.650. The van der Waals surface area contributed by atoms with E-state index in [1.165, 1.54) is 0 Å². The van der Waals surface area contributed by atoms with Gasteiger partial charge in [0.1, 0.15) is 12.2 Å². The molecule has 0 aromatic rings.